The number of aryl methyl sites for hydroxylation is 1. The lowest BCUT2D eigenvalue weighted by atomic mass is 10.00. The molecular weight excluding hydrogens is 379 g/mol. The molecule has 3 aromatic rings. The van der Waals surface area contributed by atoms with Crippen LogP contribution in [-0.4, -0.2) is 0 Å². The highest BCUT2D eigenvalue weighted by atomic mass is 19.1. The van der Waals surface area contributed by atoms with E-state index in [9.17, 15) is 4.39 Å². The van der Waals surface area contributed by atoms with Crippen LogP contribution in [0, 0.1) is 29.5 Å². The zero-order valence-corrected chi connectivity index (χ0v) is 18.5. The van der Waals surface area contributed by atoms with Gasteiger partial charge in [-0.15, -0.1) is 5.92 Å². The van der Waals surface area contributed by atoms with Crippen molar-refractivity contribution >= 4 is 0 Å². The third-order valence-corrected chi connectivity index (χ3v) is 5.20. The number of halogens is 1. The molecule has 1 heteroatoms. The van der Waals surface area contributed by atoms with E-state index in [4.69, 9.17) is 0 Å². The lowest BCUT2D eigenvalue weighted by Crippen LogP contribution is -1.89. The van der Waals surface area contributed by atoms with Gasteiger partial charge in [-0.1, -0.05) is 86.9 Å². The van der Waals surface area contributed by atoms with E-state index in [2.05, 4.69) is 42.7 Å². The first kappa shape index (κ1) is 22.4. The lowest BCUT2D eigenvalue weighted by Gasteiger charge is -2.06. The topological polar surface area (TPSA) is 0 Å². The SMILES string of the molecule is CCC#CCc1ccc(C#Cc2ccc(-c3ccc(CCCCC)cc3)c(F)c2)cc1. The number of hydrogen-bond donors (Lipinski definition) is 0. The van der Waals surface area contributed by atoms with Gasteiger partial charge in [-0.05, 0) is 53.8 Å². The van der Waals surface area contributed by atoms with Crippen molar-refractivity contribution in [2.75, 3.05) is 0 Å². The first-order chi connectivity index (χ1) is 15.2. The molecule has 0 saturated carbocycles. The molecule has 0 atom stereocenters. The monoisotopic (exact) mass is 408 g/mol. The number of unbranched alkanes of at least 4 members (excludes halogenated alkanes) is 2. The Balaban J connectivity index is 1.67. The molecule has 156 valence electrons. The molecule has 0 N–H and O–H groups in total. The minimum atomic E-state index is -0.240. The van der Waals surface area contributed by atoms with E-state index in [0.717, 1.165) is 30.4 Å². The summed E-state index contributed by atoms with van der Waals surface area (Å²) in [6.07, 6.45) is 6.39. The summed E-state index contributed by atoms with van der Waals surface area (Å²) in [6, 6.07) is 21.5. The van der Waals surface area contributed by atoms with Crippen LogP contribution >= 0.6 is 0 Å². The Morgan fingerprint density at radius 2 is 1.39 bits per heavy atom. The van der Waals surface area contributed by atoms with Crippen molar-refractivity contribution < 1.29 is 4.39 Å². The van der Waals surface area contributed by atoms with Crippen molar-refractivity contribution in [1.82, 2.24) is 0 Å². The Labute approximate surface area is 186 Å². The van der Waals surface area contributed by atoms with Crippen molar-refractivity contribution in [2.24, 2.45) is 0 Å². The van der Waals surface area contributed by atoms with E-state index in [0.29, 0.717) is 11.1 Å². The van der Waals surface area contributed by atoms with E-state index in [1.165, 1.54) is 36.5 Å². The molecule has 3 aromatic carbocycles. The third kappa shape index (κ3) is 6.87. The highest BCUT2D eigenvalue weighted by molar-refractivity contribution is 5.65. The van der Waals surface area contributed by atoms with Crippen LogP contribution in [0.1, 0.15) is 61.8 Å². The van der Waals surface area contributed by atoms with Gasteiger partial charge >= 0.3 is 0 Å². The van der Waals surface area contributed by atoms with Gasteiger partial charge in [-0.3, -0.25) is 0 Å². The van der Waals surface area contributed by atoms with Gasteiger partial charge < -0.3 is 0 Å². The summed E-state index contributed by atoms with van der Waals surface area (Å²) < 4.78 is 14.7. The van der Waals surface area contributed by atoms with Gasteiger partial charge in [0.15, 0.2) is 0 Å². The molecule has 0 unspecified atom stereocenters. The molecule has 0 nitrogen and oxygen atoms in total. The third-order valence-electron chi connectivity index (χ3n) is 5.20. The molecule has 0 heterocycles. The second-order valence-electron chi connectivity index (χ2n) is 7.68. The van der Waals surface area contributed by atoms with E-state index >= 15 is 0 Å². The summed E-state index contributed by atoms with van der Waals surface area (Å²) in [4.78, 5) is 0. The zero-order valence-electron chi connectivity index (χ0n) is 18.5. The van der Waals surface area contributed by atoms with Crippen LogP contribution in [0.4, 0.5) is 4.39 Å². The summed E-state index contributed by atoms with van der Waals surface area (Å²) in [5, 5.41) is 0. The average Bonchev–Trinajstić information content (AvgIpc) is 2.80. The molecule has 31 heavy (non-hydrogen) atoms. The van der Waals surface area contributed by atoms with Crippen molar-refractivity contribution in [2.45, 2.75) is 52.4 Å². The second-order valence-corrected chi connectivity index (χ2v) is 7.68. The molecule has 0 aliphatic carbocycles. The highest BCUT2D eigenvalue weighted by Gasteiger charge is 2.06. The second kappa shape index (κ2) is 11.8. The van der Waals surface area contributed by atoms with Crippen LogP contribution in [-0.2, 0) is 12.8 Å². The molecule has 0 aliphatic rings. The Kier molecular flexibility index (Phi) is 8.51. The summed E-state index contributed by atoms with van der Waals surface area (Å²) >= 11 is 0. The summed E-state index contributed by atoms with van der Waals surface area (Å²) in [5.74, 6) is 12.2. The van der Waals surface area contributed by atoms with E-state index in [1.807, 2.05) is 55.5 Å². The lowest BCUT2D eigenvalue weighted by molar-refractivity contribution is 0.631. The first-order valence-electron chi connectivity index (χ1n) is 11.1. The first-order valence-corrected chi connectivity index (χ1v) is 11.1. The molecule has 0 aliphatic heterocycles. The van der Waals surface area contributed by atoms with Crippen molar-refractivity contribution in [1.29, 1.82) is 0 Å². The van der Waals surface area contributed by atoms with E-state index in [-0.39, 0.29) is 5.82 Å². The standard InChI is InChI=1S/C30H29F/c1-3-5-7-9-24-11-13-26(14-12-24)15-16-27-19-22-29(30(31)23-27)28-20-17-25(18-21-28)10-8-6-4-2/h11-14,17-23H,3-4,6,8-10H2,1-2H3. The molecule has 0 radical (unpaired) electrons. The minimum Gasteiger partial charge on any atom is -0.206 e. The van der Waals surface area contributed by atoms with Crippen LogP contribution in [0.5, 0.6) is 0 Å². The molecule has 0 saturated heterocycles. The smallest absolute Gasteiger partial charge is 0.132 e. The van der Waals surface area contributed by atoms with Gasteiger partial charge in [0.2, 0.25) is 0 Å². The zero-order chi connectivity index (χ0) is 21.9. The van der Waals surface area contributed by atoms with Crippen LogP contribution in [0.25, 0.3) is 11.1 Å². The Morgan fingerprint density at radius 1 is 0.710 bits per heavy atom. The predicted molar refractivity (Wildman–Crippen MR) is 129 cm³/mol. The quantitative estimate of drug-likeness (QED) is 0.291. The normalized spacial score (nSPS) is 10.0. The molecule has 0 fully saturated rings. The molecule has 3 rings (SSSR count). The minimum absolute atomic E-state index is 0.240. The molecule has 0 aromatic heterocycles. The molecular formula is C30H29F. The van der Waals surface area contributed by atoms with Gasteiger partial charge in [0.25, 0.3) is 0 Å². The largest absolute Gasteiger partial charge is 0.206 e. The predicted octanol–water partition coefficient (Wildman–Crippen LogP) is 7.58. The number of rotatable bonds is 6. The van der Waals surface area contributed by atoms with Crippen LogP contribution in [0.15, 0.2) is 66.7 Å². The van der Waals surface area contributed by atoms with Crippen LogP contribution in [0.2, 0.25) is 0 Å². The fraction of sp³-hybridized carbons (Fsp3) is 0.267. The van der Waals surface area contributed by atoms with Crippen LogP contribution < -0.4 is 0 Å². The van der Waals surface area contributed by atoms with E-state index in [1.54, 1.807) is 0 Å². The maximum absolute atomic E-state index is 14.7. The maximum Gasteiger partial charge on any atom is 0.132 e. The maximum atomic E-state index is 14.7. The average molecular weight is 409 g/mol. The Hall–Kier alpha value is -3.29. The highest BCUT2D eigenvalue weighted by Crippen LogP contribution is 2.24. The molecule has 0 amide bonds. The van der Waals surface area contributed by atoms with Crippen molar-refractivity contribution in [3.05, 3.63) is 94.8 Å². The number of hydrogen-bond acceptors (Lipinski definition) is 0. The summed E-state index contributed by atoms with van der Waals surface area (Å²) in [5.41, 5.74) is 5.59. The fourth-order valence-electron chi connectivity index (χ4n) is 3.40. The van der Waals surface area contributed by atoms with Crippen molar-refractivity contribution in [3.63, 3.8) is 0 Å². The Bertz CT molecular complexity index is 1100. The van der Waals surface area contributed by atoms with Gasteiger partial charge in [0, 0.05) is 29.5 Å². The molecule has 0 bridgehead atoms. The summed E-state index contributed by atoms with van der Waals surface area (Å²) in [7, 11) is 0. The molecule has 0 spiro atoms. The van der Waals surface area contributed by atoms with E-state index < -0.39 is 0 Å². The fourth-order valence-corrected chi connectivity index (χ4v) is 3.40. The Morgan fingerprint density at radius 3 is 2.06 bits per heavy atom. The van der Waals surface area contributed by atoms with Crippen LogP contribution in [0.3, 0.4) is 0 Å². The summed E-state index contributed by atoms with van der Waals surface area (Å²) in [6.45, 7) is 4.26. The van der Waals surface area contributed by atoms with Gasteiger partial charge in [-0.2, -0.15) is 0 Å². The van der Waals surface area contributed by atoms with Gasteiger partial charge in [0.05, 0.1) is 0 Å². The van der Waals surface area contributed by atoms with Gasteiger partial charge in [0.1, 0.15) is 5.82 Å². The number of benzene rings is 3. The van der Waals surface area contributed by atoms with Gasteiger partial charge in [-0.25, -0.2) is 4.39 Å². The van der Waals surface area contributed by atoms with Crippen molar-refractivity contribution in [3.8, 4) is 34.8 Å².